The molecule has 1 aliphatic rings. The number of nitrogens with one attached hydrogen (secondary N) is 1. The Morgan fingerprint density at radius 3 is 2.20 bits per heavy atom. The Kier molecular flexibility index (Phi) is 2.63. The minimum absolute atomic E-state index is 0. The SMILES string of the molecule is Cl.O=C1N=NNC(=O)C1=O. The van der Waals surface area contributed by atoms with Gasteiger partial charge in [-0.05, 0) is 0 Å². The van der Waals surface area contributed by atoms with Crippen LogP contribution in [0, 0.1) is 0 Å². The maximum atomic E-state index is 10.2. The van der Waals surface area contributed by atoms with Gasteiger partial charge in [0.1, 0.15) is 0 Å². The van der Waals surface area contributed by atoms with Crippen molar-refractivity contribution in [1.29, 1.82) is 0 Å². The van der Waals surface area contributed by atoms with E-state index >= 15 is 0 Å². The number of carbonyl (C=O) groups is 3. The Bertz CT molecular complexity index is 223. The van der Waals surface area contributed by atoms with Gasteiger partial charge in [-0.25, -0.2) is 5.43 Å². The minimum atomic E-state index is -1.18. The normalized spacial score (nSPS) is 16.2. The van der Waals surface area contributed by atoms with Crippen LogP contribution < -0.4 is 5.43 Å². The molecule has 0 atom stereocenters. The summed E-state index contributed by atoms with van der Waals surface area (Å²) in [6, 6.07) is 0. The van der Waals surface area contributed by atoms with Crippen molar-refractivity contribution in [2.75, 3.05) is 0 Å². The van der Waals surface area contributed by atoms with Crippen LogP contribution in [0.15, 0.2) is 10.3 Å². The van der Waals surface area contributed by atoms with Gasteiger partial charge in [0.2, 0.25) is 0 Å². The number of Topliss-reactive ketones (excluding diaryl/α,β-unsaturated/α-hetero) is 1. The highest BCUT2D eigenvalue weighted by molar-refractivity contribution is 6.63. The summed E-state index contributed by atoms with van der Waals surface area (Å²) in [6.45, 7) is 0. The lowest BCUT2D eigenvalue weighted by atomic mass is 10.3. The Morgan fingerprint density at radius 2 is 1.80 bits per heavy atom. The Labute approximate surface area is 61.1 Å². The molecule has 0 aromatic rings. The van der Waals surface area contributed by atoms with Gasteiger partial charge in [-0.2, -0.15) is 0 Å². The van der Waals surface area contributed by atoms with E-state index in [1.807, 2.05) is 0 Å². The Hall–Kier alpha value is -1.30. The third kappa shape index (κ3) is 1.35. The molecule has 0 spiro atoms. The van der Waals surface area contributed by atoms with Crippen LogP contribution in [0.25, 0.3) is 0 Å². The Balaban J connectivity index is 0.000000810. The van der Waals surface area contributed by atoms with Crippen molar-refractivity contribution in [3.63, 3.8) is 0 Å². The summed E-state index contributed by atoms with van der Waals surface area (Å²) in [4.78, 5) is 30.5. The molecule has 2 amide bonds. The molecule has 1 aliphatic heterocycles. The monoisotopic (exact) mass is 163 g/mol. The lowest BCUT2D eigenvalue weighted by Gasteiger charge is -1.96. The second-order valence-corrected chi connectivity index (χ2v) is 1.28. The second kappa shape index (κ2) is 3.02. The highest BCUT2D eigenvalue weighted by atomic mass is 35.5. The number of carbonyl (C=O) groups excluding carboxylic acids is 3. The smallest absolute Gasteiger partial charge is 0.277 e. The summed E-state index contributed by atoms with van der Waals surface area (Å²) in [7, 11) is 0. The van der Waals surface area contributed by atoms with E-state index in [-0.39, 0.29) is 12.4 Å². The molecule has 0 aromatic heterocycles. The minimum Gasteiger partial charge on any atom is -0.277 e. The van der Waals surface area contributed by atoms with Gasteiger partial charge in [0.05, 0.1) is 0 Å². The van der Waals surface area contributed by atoms with Gasteiger partial charge in [-0.1, -0.05) is 10.3 Å². The van der Waals surface area contributed by atoms with Gasteiger partial charge in [0.15, 0.2) is 0 Å². The number of rotatable bonds is 0. The summed E-state index contributed by atoms with van der Waals surface area (Å²) in [5, 5.41) is 5.61. The average molecular weight is 164 g/mol. The summed E-state index contributed by atoms with van der Waals surface area (Å²) in [5.41, 5.74) is 1.71. The number of hydrogen-bond donors (Lipinski definition) is 1. The predicted molar refractivity (Wildman–Crippen MR) is 30.3 cm³/mol. The van der Waals surface area contributed by atoms with Crippen LogP contribution in [0.5, 0.6) is 0 Å². The maximum Gasteiger partial charge on any atom is 0.343 e. The van der Waals surface area contributed by atoms with Crippen molar-refractivity contribution in [2.24, 2.45) is 10.3 Å². The van der Waals surface area contributed by atoms with Crippen LogP contribution in [0.3, 0.4) is 0 Å². The van der Waals surface area contributed by atoms with Crippen LogP contribution in [0.2, 0.25) is 0 Å². The molecule has 0 radical (unpaired) electrons. The van der Waals surface area contributed by atoms with E-state index in [1.54, 1.807) is 5.43 Å². The van der Waals surface area contributed by atoms with Crippen molar-refractivity contribution < 1.29 is 14.4 Å². The first-order chi connectivity index (χ1) is 4.22. The molecule has 0 aliphatic carbocycles. The zero-order valence-electron chi connectivity index (χ0n) is 4.53. The number of amides is 2. The zero-order chi connectivity index (χ0) is 6.85. The molecule has 6 nitrogen and oxygen atoms in total. The average Bonchev–Trinajstić information content (AvgIpc) is 1.83. The van der Waals surface area contributed by atoms with E-state index < -0.39 is 17.6 Å². The second-order valence-electron chi connectivity index (χ2n) is 1.28. The van der Waals surface area contributed by atoms with Crippen molar-refractivity contribution in [1.82, 2.24) is 5.43 Å². The maximum absolute atomic E-state index is 10.2. The van der Waals surface area contributed by atoms with Gasteiger partial charge in [0, 0.05) is 0 Å². The van der Waals surface area contributed by atoms with Crippen molar-refractivity contribution >= 4 is 30.0 Å². The third-order valence-electron chi connectivity index (χ3n) is 0.693. The van der Waals surface area contributed by atoms with Gasteiger partial charge in [-0.15, -0.1) is 12.4 Å². The van der Waals surface area contributed by atoms with Gasteiger partial charge in [0.25, 0.3) is 0 Å². The first-order valence-electron chi connectivity index (χ1n) is 2.01. The first kappa shape index (κ1) is 8.70. The molecule has 0 bridgehead atoms. The molecule has 0 fully saturated rings. The van der Waals surface area contributed by atoms with Gasteiger partial charge in [-0.3, -0.25) is 14.4 Å². The van der Waals surface area contributed by atoms with E-state index in [4.69, 9.17) is 0 Å². The molecule has 0 unspecified atom stereocenters. The Morgan fingerprint density at radius 1 is 1.20 bits per heavy atom. The number of halogens is 1. The summed E-state index contributed by atoms with van der Waals surface area (Å²) < 4.78 is 0. The molecule has 7 heteroatoms. The van der Waals surface area contributed by atoms with E-state index in [0.717, 1.165) is 0 Å². The molecule has 1 heterocycles. The van der Waals surface area contributed by atoms with E-state index in [1.165, 1.54) is 0 Å². The van der Waals surface area contributed by atoms with E-state index in [2.05, 4.69) is 10.3 Å². The van der Waals surface area contributed by atoms with Crippen LogP contribution in [-0.2, 0) is 14.4 Å². The largest absolute Gasteiger partial charge is 0.343 e. The van der Waals surface area contributed by atoms with Crippen molar-refractivity contribution in [2.45, 2.75) is 0 Å². The van der Waals surface area contributed by atoms with Crippen LogP contribution in [0.4, 0.5) is 0 Å². The van der Waals surface area contributed by atoms with E-state index in [0.29, 0.717) is 0 Å². The highest BCUT2D eigenvalue weighted by Crippen LogP contribution is 1.87. The van der Waals surface area contributed by atoms with Gasteiger partial charge >= 0.3 is 17.6 Å². The fourth-order valence-electron chi connectivity index (χ4n) is 0.309. The molecule has 1 rings (SSSR count). The summed E-state index contributed by atoms with van der Waals surface area (Å²) in [5.74, 6) is -3.33. The van der Waals surface area contributed by atoms with E-state index in [9.17, 15) is 14.4 Å². The van der Waals surface area contributed by atoms with Crippen molar-refractivity contribution in [3.05, 3.63) is 0 Å². The molecule has 54 valence electrons. The lowest BCUT2D eigenvalue weighted by molar-refractivity contribution is -0.146. The van der Waals surface area contributed by atoms with Crippen molar-refractivity contribution in [3.8, 4) is 0 Å². The molecular weight excluding hydrogens is 162 g/mol. The third-order valence-corrected chi connectivity index (χ3v) is 0.693. The number of hydrogen-bond acceptors (Lipinski definition) is 4. The van der Waals surface area contributed by atoms with Crippen LogP contribution in [0.1, 0.15) is 0 Å². The summed E-state index contributed by atoms with van der Waals surface area (Å²) >= 11 is 0. The zero-order valence-corrected chi connectivity index (χ0v) is 5.34. The molecular formula is C3H2ClN3O3. The fraction of sp³-hybridized carbons (Fsp3) is 0. The fourth-order valence-corrected chi connectivity index (χ4v) is 0.309. The molecule has 0 aromatic carbocycles. The molecule has 0 saturated heterocycles. The molecule has 0 saturated carbocycles. The standard InChI is InChI=1S/C3HN3O3.ClH/c7-1-2(8)4-6-5-3(1)9;/h(H,4,5,8,9);1H. The quantitative estimate of drug-likeness (QED) is 0.465. The number of nitrogens with zero attached hydrogens (tertiary/aromatic N) is 2. The molecule has 10 heavy (non-hydrogen) atoms. The summed E-state index contributed by atoms with van der Waals surface area (Å²) in [6.07, 6.45) is 0. The number of ketones is 1. The molecule has 1 N–H and O–H groups in total. The first-order valence-corrected chi connectivity index (χ1v) is 2.01. The van der Waals surface area contributed by atoms with Crippen LogP contribution in [-0.4, -0.2) is 17.6 Å². The highest BCUT2D eigenvalue weighted by Gasteiger charge is 2.25. The van der Waals surface area contributed by atoms with Crippen LogP contribution >= 0.6 is 12.4 Å². The van der Waals surface area contributed by atoms with Gasteiger partial charge < -0.3 is 0 Å². The topological polar surface area (TPSA) is 88.0 Å². The predicted octanol–water partition coefficient (Wildman–Crippen LogP) is -0.999. The lowest BCUT2D eigenvalue weighted by Crippen LogP contribution is -2.35.